The molecule has 0 heterocycles. The molecule has 0 radical (unpaired) electrons. The third-order valence-corrected chi connectivity index (χ3v) is 7.82. The van der Waals surface area contributed by atoms with E-state index in [0.717, 1.165) is 6.07 Å². The van der Waals surface area contributed by atoms with Gasteiger partial charge in [-0.3, -0.25) is 28.9 Å². The Kier molecular flexibility index (Phi) is 6.31. The minimum atomic E-state index is -2.81. The molecule has 1 aromatic rings. The molecule has 2 saturated carbocycles. The van der Waals surface area contributed by atoms with Crippen LogP contribution in [0.2, 0.25) is 0 Å². The van der Waals surface area contributed by atoms with Gasteiger partial charge < -0.3 is 21.3 Å². The third-order valence-electron chi connectivity index (χ3n) is 7.82. The summed E-state index contributed by atoms with van der Waals surface area (Å²) in [5.41, 5.74) is 1.81. The third kappa shape index (κ3) is 3.95. The lowest BCUT2D eigenvalue weighted by atomic mass is 9.52. The smallest absolute Gasteiger partial charge is 0.235 e. The molecule has 3 aliphatic rings. The number of phenolic OH excluding ortho intramolecular Hbond substituents is 1. The van der Waals surface area contributed by atoms with Crippen molar-refractivity contribution in [3.05, 3.63) is 23.0 Å². The summed E-state index contributed by atoms with van der Waals surface area (Å²) in [7, 11) is 3.00. The fourth-order valence-corrected chi connectivity index (χ4v) is 6.12. The number of nitrogens with zero attached hydrogens (tertiary/aromatic N) is 1. The van der Waals surface area contributed by atoms with E-state index in [1.165, 1.54) is 19.0 Å². The van der Waals surface area contributed by atoms with Gasteiger partial charge in [0, 0.05) is 24.1 Å². The number of primary amides is 1. The summed E-state index contributed by atoms with van der Waals surface area (Å²) in [6.45, 7) is 6.12. The van der Waals surface area contributed by atoms with Gasteiger partial charge in [-0.2, -0.15) is 0 Å². The second kappa shape index (κ2) is 8.70. The summed E-state index contributed by atoms with van der Waals surface area (Å²) in [5, 5.41) is 25.4. The number of amides is 1. The fourth-order valence-electron chi connectivity index (χ4n) is 6.12. The molecule has 3 aliphatic carbocycles. The van der Waals surface area contributed by atoms with Crippen molar-refractivity contribution in [3.8, 4) is 5.75 Å². The maximum atomic E-state index is 15.2. The van der Waals surface area contributed by atoms with Crippen LogP contribution in [-0.2, 0) is 25.6 Å². The van der Waals surface area contributed by atoms with Gasteiger partial charge in [-0.05, 0) is 38.3 Å². The Morgan fingerprint density at radius 2 is 1.84 bits per heavy atom. The first-order valence-electron chi connectivity index (χ1n) is 12.1. The minimum Gasteiger partial charge on any atom is -0.505 e. The van der Waals surface area contributed by atoms with Crippen LogP contribution in [0.25, 0.3) is 0 Å². The van der Waals surface area contributed by atoms with Gasteiger partial charge >= 0.3 is 0 Å². The Labute approximate surface area is 213 Å². The van der Waals surface area contributed by atoms with E-state index in [-0.39, 0.29) is 35.1 Å². The number of anilines is 1. The van der Waals surface area contributed by atoms with E-state index in [4.69, 9.17) is 5.73 Å². The first kappa shape index (κ1) is 26.9. The number of phenols is 1. The van der Waals surface area contributed by atoms with Crippen LogP contribution in [0.3, 0.4) is 0 Å². The molecular weight excluding hydrogens is 485 g/mol. The number of rotatable bonds is 4. The molecule has 4 rings (SSSR count). The van der Waals surface area contributed by atoms with Crippen molar-refractivity contribution in [2.75, 3.05) is 26.0 Å². The number of nitrogens with two attached hydrogens (primary N) is 1. The summed E-state index contributed by atoms with van der Waals surface area (Å²) in [6, 6.07) is -0.105. The van der Waals surface area contributed by atoms with E-state index in [1.54, 1.807) is 0 Å². The average molecular weight is 518 g/mol. The van der Waals surface area contributed by atoms with Crippen molar-refractivity contribution in [3.63, 3.8) is 0 Å². The number of aliphatic hydroxyl groups is 1. The van der Waals surface area contributed by atoms with Gasteiger partial charge in [0.1, 0.15) is 11.6 Å². The molecule has 0 spiro atoms. The number of benzene rings is 1. The van der Waals surface area contributed by atoms with Gasteiger partial charge in [-0.15, -0.1) is 0 Å². The Bertz CT molecular complexity index is 1240. The highest BCUT2D eigenvalue weighted by Gasteiger charge is 2.69. The van der Waals surface area contributed by atoms with Crippen LogP contribution in [0, 0.1) is 34.9 Å². The van der Waals surface area contributed by atoms with E-state index in [2.05, 4.69) is 5.32 Å². The van der Waals surface area contributed by atoms with E-state index >= 15 is 4.39 Å². The quantitative estimate of drug-likeness (QED) is 0.328. The summed E-state index contributed by atoms with van der Waals surface area (Å²) >= 11 is 0. The van der Waals surface area contributed by atoms with E-state index < -0.39 is 75.9 Å². The molecule has 6 atom stereocenters. The highest BCUT2D eigenvalue weighted by molar-refractivity contribution is 6.32. The normalized spacial score (nSPS) is 31.6. The van der Waals surface area contributed by atoms with Crippen molar-refractivity contribution < 1.29 is 38.6 Å². The number of carbonyl (C=O) groups excluding carboxylic acids is 5. The zero-order valence-corrected chi connectivity index (χ0v) is 21.4. The average Bonchev–Trinajstić information content (AvgIpc) is 2.76. The maximum Gasteiger partial charge on any atom is 0.235 e. The summed E-state index contributed by atoms with van der Waals surface area (Å²) in [4.78, 5) is 67.1. The van der Waals surface area contributed by atoms with Gasteiger partial charge in [-0.1, -0.05) is 20.8 Å². The zero-order valence-electron chi connectivity index (χ0n) is 21.4. The van der Waals surface area contributed by atoms with Crippen LogP contribution in [0.4, 0.5) is 10.1 Å². The summed E-state index contributed by atoms with van der Waals surface area (Å²) in [5.74, 6) is -12.5. The van der Waals surface area contributed by atoms with Crippen molar-refractivity contribution in [1.82, 2.24) is 4.90 Å². The van der Waals surface area contributed by atoms with Crippen LogP contribution in [0.1, 0.15) is 43.1 Å². The number of likely N-dealkylation sites (N-methyl/N-ethyl adjacent to an activating group) is 1. The molecule has 200 valence electrons. The number of hydrogen-bond donors (Lipinski definition) is 4. The molecule has 0 bridgehead atoms. The first-order valence-corrected chi connectivity index (χ1v) is 12.1. The monoisotopic (exact) mass is 517 g/mol. The number of halogens is 1. The fraction of sp³-hybridized carbons (Fsp3) is 0.577. The van der Waals surface area contributed by atoms with E-state index in [0.29, 0.717) is 6.54 Å². The molecule has 0 saturated heterocycles. The second-order valence-electron chi connectivity index (χ2n) is 11.8. The Morgan fingerprint density at radius 3 is 2.38 bits per heavy atom. The lowest BCUT2D eigenvalue weighted by Crippen LogP contribution is -2.74. The Balaban J connectivity index is 1.82. The Hall–Kier alpha value is -3.18. The molecule has 1 aromatic carbocycles. The number of fused-ring (bicyclic) bond motifs is 3. The highest BCUT2D eigenvalue weighted by atomic mass is 19.1. The van der Waals surface area contributed by atoms with Gasteiger partial charge in [0.25, 0.3) is 0 Å². The molecule has 37 heavy (non-hydrogen) atoms. The molecular formula is C26H32FN3O7. The van der Waals surface area contributed by atoms with Crippen LogP contribution in [0.5, 0.6) is 5.75 Å². The molecule has 0 aliphatic heterocycles. The molecule has 10 nitrogen and oxygen atoms in total. The van der Waals surface area contributed by atoms with Crippen molar-refractivity contribution in [2.24, 2.45) is 34.8 Å². The van der Waals surface area contributed by atoms with E-state index in [1.807, 2.05) is 20.8 Å². The van der Waals surface area contributed by atoms with Crippen molar-refractivity contribution in [1.29, 1.82) is 0 Å². The van der Waals surface area contributed by atoms with Gasteiger partial charge in [-0.25, -0.2) is 4.39 Å². The van der Waals surface area contributed by atoms with Crippen molar-refractivity contribution >= 4 is 34.7 Å². The number of aromatic hydroxyl groups is 1. The number of ketones is 4. The number of hydrogen-bond acceptors (Lipinski definition) is 9. The van der Waals surface area contributed by atoms with Crippen molar-refractivity contribution in [2.45, 2.75) is 45.3 Å². The first-order chi connectivity index (χ1) is 17.0. The summed E-state index contributed by atoms with van der Waals surface area (Å²) in [6.07, 6.45) is -0.251. The Morgan fingerprint density at radius 1 is 1.22 bits per heavy atom. The van der Waals surface area contributed by atoms with Gasteiger partial charge in [0.15, 0.2) is 34.7 Å². The van der Waals surface area contributed by atoms with E-state index in [9.17, 15) is 34.2 Å². The predicted molar refractivity (Wildman–Crippen MR) is 129 cm³/mol. The SMILES string of the molecule is CN(C)[C@@H]1C(=O)C(C(N)=O)C(=O)[C@@]2(O)C(=O)C3C(=O)c4c(O)c(NCC(C)(C)C)cc(F)c4C[C@H]3C[C@@H]12. The van der Waals surface area contributed by atoms with Gasteiger partial charge in [0.05, 0.1) is 23.2 Å². The molecule has 2 unspecified atom stereocenters. The second-order valence-corrected chi connectivity index (χ2v) is 11.8. The minimum absolute atomic E-state index is 0.0152. The highest BCUT2D eigenvalue weighted by Crippen LogP contribution is 2.51. The standard InChI is InChI=1S/C26H32FN3O7/c1-25(2,3)9-29-14-8-13(27)11-6-10-7-12-18(30(4)5)21(33)17(24(28)36)23(35)26(12,37)22(34)15(10)20(32)16(11)19(14)31/h8,10,12,15,17-18,29,31,37H,6-7,9H2,1-5H3,(H2,28,36)/t10-,12-,15?,17?,18-,26-/m0/s1. The largest absolute Gasteiger partial charge is 0.505 e. The zero-order chi connectivity index (χ0) is 27.8. The lowest BCUT2D eigenvalue weighted by Gasteiger charge is -2.52. The van der Waals surface area contributed by atoms with Crippen LogP contribution in [-0.4, -0.2) is 76.4 Å². The molecule has 2 fully saturated rings. The summed E-state index contributed by atoms with van der Waals surface area (Å²) < 4.78 is 15.2. The van der Waals surface area contributed by atoms with Crippen LogP contribution < -0.4 is 11.1 Å². The molecule has 0 aromatic heterocycles. The number of nitrogens with one attached hydrogen (secondary N) is 1. The topological polar surface area (TPSA) is 167 Å². The molecule has 11 heteroatoms. The lowest BCUT2D eigenvalue weighted by molar-refractivity contribution is -0.181. The van der Waals surface area contributed by atoms with Gasteiger partial charge in [0.2, 0.25) is 5.91 Å². The van der Waals surface area contributed by atoms with Crippen LogP contribution in [0.15, 0.2) is 6.07 Å². The molecule has 5 N–H and O–H groups in total. The molecule has 1 amide bonds. The van der Waals surface area contributed by atoms with Crippen LogP contribution >= 0.6 is 0 Å². The maximum absolute atomic E-state index is 15.2. The predicted octanol–water partition coefficient (Wildman–Crippen LogP) is 0.464. The number of carbonyl (C=O) groups is 5. The number of Topliss-reactive ketones (excluding diaryl/α,β-unsaturated/α-hetero) is 4.